The average molecular weight is 200 g/mol. The zero-order valence-electron chi connectivity index (χ0n) is 8.56. The Balaban J connectivity index is 2.68. The Labute approximate surface area is 83.3 Å². The maximum atomic E-state index is 11.6. The van der Waals surface area contributed by atoms with Gasteiger partial charge in [-0.25, -0.2) is 0 Å². The number of imide groups is 1. The molecule has 1 heterocycles. The Hall–Kier alpha value is -0.940. The molecule has 0 spiro atoms. The molecule has 1 atom stereocenters. The van der Waals surface area contributed by atoms with Crippen LogP contribution in [0, 0.1) is 0 Å². The van der Waals surface area contributed by atoms with Gasteiger partial charge in [0.2, 0.25) is 11.8 Å². The second kappa shape index (κ2) is 4.52. The number of aliphatic hydroxyl groups is 1. The van der Waals surface area contributed by atoms with E-state index in [1.165, 1.54) is 7.05 Å². The second-order valence-electron chi connectivity index (χ2n) is 3.36. The summed E-state index contributed by atoms with van der Waals surface area (Å²) in [4.78, 5) is 25.8. The zero-order valence-corrected chi connectivity index (χ0v) is 8.56. The molecule has 1 saturated heterocycles. The maximum Gasteiger partial charge on any atom is 0.246 e. The van der Waals surface area contributed by atoms with Crippen LogP contribution in [-0.4, -0.2) is 59.5 Å². The van der Waals surface area contributed by atoms with Gasteiger partial charge in [0.15, 0.2) is 0 Å². The van der Waals surface area contributed by atoms with E-state index in [0.717, 1.165) is 4.90 Å². The molecular formula is C9H16N2O3. The van der Waals surface area contributed by atoms with Crippen molar-refractivity contribution in [2.24, 2.45) is 0 Å². The fourth-order valence-corrected chi connectivity index (χ4v) is 1.68. The molecule has 1 fully saturated rings. The van der Waals surface area contributed by atoms with Crippen LogP contribution in [-0.2, 0) is 9.59 Å². The Morgan fingerprint density at radius 2 is 2.21 bits per heavy atom. The summed E-state index contributed by atoms with van der Waals surface area (Å²) >= 11 is 0. The molecule has 2 amide bonds. The minimum Gasteiger partial charge on any atom is -0.395 e. The quantitative estimate of drug-likeness (QED) is 0.595. The van der Waals surface area contributed by atoms with Crippen LogP contribution in [0.5, 0.6) is 0 Å². The molecular weight excluding hydrogens is 184 g/mol. The van der Waals surface area contributed by atoms with E-state index >= 15 is 0 Å². The molecule has 5 heteroatoms. The smallest absolute Gasteiger partial charge is 0.246 e. The van der Waals surface area contributed by atoms with Gasteiger partial charge >= 0.3 is 0 Å². The molecule has 0 radical (unpaired) electrons. The van der Waals surface area contributed by atoms with Crippen LogP contribution in [0.15, 0.2) is 0 Å². The molecule has 0 aliphatic carbocycles. The number of nitrogens with zero attached hydrogens (tertiary/aromatic N) is 2. The largest absolute Gasteiger partial charge is 0.395 e. The Kier molecular flexibility index (Phi) is 3.60. The molecule has 0 aromatic carbocycles. The van der Waals surface area contributed by atoms with Gasteiger partial charge < -0.3 is 5.11 Å². The molecule has 1 aliphatic rings. The summed E-state index contributed by atoms with van der Waals surface area (Å²) in [6.07, 6.45) is 0.239. The van der Waals surface area contributed by atoms with Crippen molar-refractivity contribution in [2.75, 3.05) is 26.7 Å². The van der Waals surface area contributed by atoms with Gasteiger partial charge in [0.05, 0.1) is 19.1 Å². The second-order valence-corrected chi connectivity index (χ2v) is 3.36. The van der Waals surface area contributed by atoms with Crippen molar-refractivity contribution < 1.29 is 14.7 Å². The summed E-state index contributed by atoms with van der Waals surface area (Å²) in [6, 6.07) is -0.371. The summed E-state index contributed by atoms with van der Waals surface area (Å²) in [6.45, 7) is 3.02. The fraction of sp³-hybridized carbons (Fsp3) is 0.778. The maximum absolute atomic E-state index is 11.6. The first kappa shape index (κ1) is 11.1. The van der Waals surface area contributed by atoms with Crippen LogP contribution in [0.4, 0.5) is 0 Å². The van der Waals surface area contributed by atoms with Crippen molar-refractivity contribution in [2.45, 2.75) is 19.4 Å². The van der Waals surface area contributed by atoms with Crippen LogP contribution in [0.2, 0.25) is 0 Å². The lowest BCUT2D eigenvalue weighted by Gasteiger charge is -2.24. The van der Waals surface area contributed by atoms with Gasteiger partial charge in [0.1, 0.15) is 0 Å². The molecule has 1 aliphatic heterocycles. The van der Waals surface area contributed by atoms with Crippen LogP contribution in [0.1, 0.15) is 13.3 Å². The Morgan fingerprint density at radius 3 is 2.57 bits per heavy atom. The highest BCUT2D eigenvalue weighted by Gasteiger charge is 2.38. The number of aliphatic hydroxyl groups excluding tert-OH is 1. The van der Waals surface area contributed by atoms with E-state index in [4.69, 9.17) is 5.11 Å². The van der Waals surface area contributed by atoms with Crippen LogP contribution in [0.25, 0.3) is 0 Å². The van der Waals surface area contributed by atoms with E-state index in [0.29, 0.717) is 13.1 Å². The van der Waals surface area contributed by atoms with Crippen molar-refractivity contribution in [3.63, 3.8) is 0 Å². The molecule has 5 nitrogen and oxygen atoms in total. The molecule has 80 valence electrons. The Morgan fingerprint density at radius 1 is 1.57 bits per heavy atom. The number of hydrogen-bond acceptors (Lipinski definition) is 4. The number of likely N-dealkylation sites (tertiary alicyclic amines) is 1. The number of amides is 2. The number of rotatable bonds is 4. The van der Waals surface area contributed by atoms with Gasteiger partial charge in [-0.05, 0) is 6.54 Å². The summed E-state index contributed by atoms with van der Waals surface area (Å²) in [5.74, 6) is -0.304. The lowest BCUT2D eigenvalue weighted by molar-refractivity contribution is -0.138. The lowest BCUT2D eigenvalue weighted by atomic mass is 10.2. The van der Waals surface area contributed by atoms with Gasteiger partial charge in [0.25, 0.3) is 0 Å². The normalized spacial score (nSPS) is 22.6. The van der Waals surface area contributed by atoms with E-state index in [1.54, 1.807) is 0 Å². The number of likely N-dealkylation sites (N-methyl/N-ethyl adjacent to an activating group) is 2. The lowest BCUT2D eigenvalue weighted by Crippen LogP contribution is -2.42. The Bertz CT molecular complexity index is 242. The number of carbonyl (C=O) groups excluding carboxylic acids is 2. The third kappa shape index (κ3) is 1.93. The van der Waals surface area contributed by atoms with Gasteiger partial charge in [-0.2, -0.15) is 0 Å². The van der Waals surface area contributed by atoms with E-state index in [1.807, 2.05) is 11.8 Å². The highest BCUT2D eigenvalue weighted by atomic mass is 16.3. The minimum atomic E-state index is -0.371. The topological polar surface area (TPSA) is 60.9 Å². The summed E-state index contributed by atoms with van der Waals surface area (Å²) in [7, 11) is 1.50. The van der Waals surface area contributed by atoms with Gasteiger partial charge in [-0.3, -0.25) is 19.4 Å². The van der Waals surface area contributed by atoms with Gasteiger partial charge in [-0.1, -0.05) is 6.92 Å². The van der Waals surface area contributed by atoms with Gasteiger partial charge in [0, 0.05) is 13.6 Å². The highest BCUT2D eigenvalue weighted by molar-refractivity contribution is 6.05. The molecule has 1 unspecified atom stereocenters. The molecule has 0 aromatic rings. The van der Waals surface area contributed by atoms with Crippen molar-refractivity contribution in [1.29, 1.82) is 0 Å². The molecule has 0 aromatic heterocycles. The standard InChI is InChI=1S/C9H16N2O3/c1-3-11(4-5-12)7-6-8(13)10(2)9(7)14/h7,12H,3-6H2,1-2H3. The highest BCUT2D eigenvalue weighted by Crippen LogP contribution is 2.16. The third-order valence-corrected chi connectivity index (χ3v) is 2.59. The van der Waals surface area contributed by atoms with E-state index in [9.17, 15) is 9.59 Å². The molecule has 0 saturated carbocycles. The predicted molar refractivity (Wildman–Crippen MR) is 50.5 cm³/mol. The summed E-state index contributed by atoms with van der Waals surface area (Å²) in [5.41, 5.74) is 0. The average Bonchev–Trinajstić information content (AvgIpc) is 2.42. The summed E-state index contributed by atoms with van der Waals surface area (Å²) in [5, 5.41) is 8.79. The first-order chi connectivity index (χ1) is 6.61. The van der Waals surface area contributed by atoms with Crippen molar-refractivity contribution >= 4 is 11.8 Å². The summed E-state index contributed by atoms with van der Waals surface area (Å²) < 4.78 is 0. The molecule has 1 N–H and O–H groups in total. The first-order valence-corrected chi connectivity index (χ1v) is 4.77. The van der Waals surface area contributed by atoms with Crippen molar-refractivity contribution in [1.82, 2.24) is 9.80 Å². The van der Waals surface area contributed by atoms with Gasteiger partial charge in [-0.15, -0.1) is 0 Å². The predicted octanol–water partition coefficient (Wildman–Crippen LogP) is -0.942. The van der Waals surface area contributed by atoms with Crippen molar-refractivity contribution in [3.8, 4) is 0 Å². The number of carbonyl (C=O) groups is 2. The monoisotopic (exact) mass is 200 g/mol. The molecule has 14 heavy (non-hydrogen) atoms. The minimum absolute atomic E-state index is 0.00945. The molecule has 1 rings (SSSR count). The number of hydrogen-bond donors (Lipinski definition) is 1. The van der Waals surface area contributed by atoms with E-state index in [2.05, 4.69) is 0 Å². The van der Waals surface area contributed by atoms with Crippen LogP contribution >= 0.6 is 0 Å². The first-order valence-electron chi connectivity index (χ1n) is 4.77. The third-order valence-electron chi connectivity index (χ3n) is 2.59. The van der Waals surface area contributed by atoms with Crippen LogP contribution < -0.4 is 0 Å². The fourth-order valence-electron chi connectivity index (χ4n) is 1.68. The zero-order chi connectivity index (χ0) is 10.7. The van der Waals surface area contributed by atoms with E-state index in [-0.39, 0.29) is 30.9 Å². The molecule has 0 bridgehead atoms. The van der Waals surface area contributed by atoms with Crippen LogP contribution in [0.3, 0.4) is 0 Å². The SMILES string of the molecule is CCN(CCO)C1CC(=O)N(C)C1=O. The van der Waals surface area contributed by atoms with Crippen molar-refractivity contribution in [3.05, 3.63) is 0 Å². The van der Waals surface area contributed by atoms with E-state index < -0.39 is 0 Å².